The predicted molar refractivity (Wildman–Crippen MR) is 110 cm³/mol. The molecule has 3 N–H and O–H groups in total. The van der Waals surface area contributed by atoms with E-state index in [1.165, 1.54) is 37.3 Å². The maximum atomic E-state index is 12.3. The van der Waals surface area contributed by atoms with Crippen molar-refractivity contribution in [2.75, 3.05) is 5.32 Å². The number of nitrogens with two attached hydrogens (primary N) is 1. The van der Waals surface area contributed by atoms with Gasteiger partial charge in [-0.3, -0.25) is 4.79 Å². The Morgan fingerprint density at radius 2 is 1.83 bits per heavy atom. The topological polar surface area (TPSA) is 129 Å². The molecule has 10 heteroatoms. The summed E-state index contributed by atoms with van der Waals surface area (Å²) in [7, 11) is -3.92. The molecule has 3 aromatic rings. The van der Waals surface area contributed by atoms with Crippen molar-refractivity contribution in [2.24, 2.45) is 5.14 Å². The Labute approximate surface area is 177 Å². The van der Waals surface area contributed by atoms with E-state index in [4.69, 9.17) is 25.9 Å². The van der Waals surface area contributed by atoms with Gasteiger partial charge in [0, 0.05) is 11.3 Å². The highest BCUT2D eigenvalue weighted by Gasteiger charge is 2.22. The number of furan rings is 1. The van der Waals surface area contributed by atoms with Gasteiger partial charge in [0.05, 0.1) is 9.92 Å². The number of carbonyl (C=O) groups is 2. The van der Waals surface area contributed by atoms with E-state index in [1.54, 1.807) is 30.3 Å². The van der Waals surface area contributed by atoms with Crippen LogP contribution in [-0.4, -0.2) is 26.4 Å². The number of rotatable bonds is 6. The number of amides is 1. The van der Waals surface area contributed by atoms with Crippen LogP contribution in [0.1, 0.15) is 17.5 Å². The molecule has 0 aliphatic heterocycles. The highest BCUT2D eigenvalue weighted by Crippen LogP contribution is 2.29. The van der Waals surface area contributed by atoms with Crippen LogP contribution in [0.3, 0.4) is 0 Å². The maximum Gasteiger partial charge on any atom is 0.375 e. The minimum atomic E-state index is -3.92. The second-order valence-electron chi connectivity index (χ2n) is 6.25. The van der Waals surface area contributed by atoms with Crippen LogP contribution in [0.4, 0.5) is 5.69 Å². The summed E-state index contributed by atoms with van der Waals surface area (Å²) >= 11 is 6.12. The molecule has 1 heterocycles. The molecule has 0 bridgehead atoms. The molecular formula is C20H17ClN2O6S. The number of halogens is 1. The summed E-state index contributed by atoms with van der Waals surface area (Å²) in [6, 6.07) is 15.3. The van der Waals surface area contributed by atoms with Crippen LogP contribution in [0, 0.1) is 0 Å². The molecule has 156 valence electrons. The van der Waals surface area contributed by atoms with Gasteiger partial charge in [-0.1, -0.05) is 29.8 Å². The summed E-state index contributed by atoms with van der Waals surface area (Å²) in [6.45, 7) is 1.37. The Morgan fingerprint density at radius 3 is 2.53 bits per heavy atom. The first-order valence-electron chi connectivity index (χ1n) is 8.64. The summed E-state index contributed by atoms with van der Waals surface area (Å²) in [5, 5.41) is 8.00. The van der Waals surface area contributed by atoms with Gasteiger partial charge in [0.2, 0.25) is 15.8 Å². The molecular weight excluding hydrogens is 432 g/mol. The fourth-order valence-electron chi connectivity index (χ4n) is 2.52. The van der Waals surface area contributed by atoms with Crippen molar-refractivity contribution in [3.8, 4) is 11.3 Å². The Kier molecular flexibility index (Phi) is 6.25. The summed E-state index contributed by atoms with van der Waals surface area (Å²) < 4.78 is 33.4. The number of hydrogen-bond donors (Lipinski definition) is 2. The van der Waals surface area contributed by atoms with Crippen LogP contribution < -0.4 is 10.5 Å². The monoisotopic (exact) mass is 448 g/mol. The van der Waals surface area contributed by atoms with Gasteiger partial charge in [-0.05, 0) is 49.4 Å². The number of hydrogen-bond acceptors (Lipinski definition) is 6. The third-order valence-electron chi connectivity index (χ3n) is 4.03. The fourth-order valence-corrected chi connectivity index (χ4v) is 3.31. The van der Waals surface area contributed by atoms with Crippen molar-refractivity contribution in [3.63, 3.8) is 0 Å². The molecule has 2 aromatic carbocycles. The number of esters is 1. The smallest absolute Gasteiger partial charge is 0.375 e. The predicted octanol–water partition coefficient (Wildman–Crippen LogP) is 3.43. The third kappa shape index (κ3) is 5.07. The molecule has 3 rings (SSSR count). The van der Waals surface area contributed by atoms with E-state index in [2.05, 4.69) is 5.32 Å². The molecule has 0 spiro atoms. The lowest BCUT2D eigenvalue weighted by Gasteiger charge is -2.13. The fraction of sp³-hybridized carbons (Fsp3) is 0.100. The van der Waals surface area contributed by atoms with Crippen LogP contribution in [0.5, 0.6) is 0 Å². The number of nitrogens with one attached hydrogen (secondary N) is 1. The van der Waals surface area contributed by atoms with Gasteiger partial charge in [-0.2, -0.15) is 0 Å². The number of benzene rings is 2. The SMILES string of the molecule is CC(OC(=O)c1ccc(-c2ccccc2Cl)o1)C(=O)Nc1cccc(S(N)(=O)=O)c1. The van der Waals surface area contributed by atoms with E-state index in [0.717, 1.165) is 0 Å². The average Bonchev–Trinajstić information content (AvgIpc) is 3.18. The number of ether oxygens (including phenoxy) is 1. The quantitative estimate of drug-likeness (QED) is 0.556. The molecule has 0 fully saturated rings. The Bertz CT molecular complexity index is 1210. The number of anilines is 1. The highest BCUT2D eigenvalue weighted by atomic mass is 35.5. The van der Waals surface area contributed by atoms with Gasteiger partial charge >= 0.3 is 5.97 Å². The molecule has 0 aliphatic rings. The number of sulfonamides is 1. The van der Waals surface area contributed by atoms with Crippen LogP contribution >= 0.6 is 11.6 Å². The molecule has 1 aromatic heterocycles. The minimum absolute atomic E-state index is 0.0965. The first kappa shape index (κ1) is 21.6. The van der Waals surface area contributed by atoms with Crippen molar-refractivity contribution < 1.29 is 27.2 Å². The molecule has 0 saturated carbocycles. The molecule has 1 unspecified atom stereocenters. The normalized spacial score (nSPS) is 12.2. The molecule has 0 radical (unpaired) electrons. The third-order valence-corrected chi connectivity index (χ3v) is 5.27. The zero-order valence-electron chi connectivity index (χ0n) is 15.7. The van der Waals surface area contributed by atoms with Crippen LogP contribution in [-0.2, 0) is 19.6 Å². The Balaban J connectivity index is 1.66. The Morgan fingerprint density at radius 1 is 1.10 bits per heavy atom. The average molecular weight is 449 g/mol. The van der Waals surface area contributed by atoms with Crippen molar-refractivity contribution in [1.29, 1.82) is 0 Å². The lowest BCUT2D eigenvalue weighted by atomic mass is 10.2. The second-order valence-corrected chi connectivity index (χ2v) is 8.22. The van der Waals surface area contributed by atoms with E-state index in [0.29, 0.717) is 16.3 Å². The lowest BCUT2D eigenvalue weighted by molar-refractivity contribution is -0.123. The first-order chi connectivity index (χ1) is 14.1. The molecule has 0 saturated heterocycles. The molecule has 1 amide bonds. The highest BCUT2D eigenvalue weighted by molar-refractivity contribution is 7.89. The van der Waals surface area contributed by atoms with Crippen LogP contribution in [0.2, 0.25) is 5.02 Å². The van der Waals surface area contributed by atoms with Crippen molar-refractivity contribution in [3.05, 3.63) is 71.4 Å². The number of primary sulfonamides is 1. The van der Waals surface area contributed by atoms with E-state index in [1.807, 2.05) is 0 Å². The largest absolute Gasteiger partial charge is 0.449 e. The van der Waals surface area contributed by atoms with Gasteiger partial charge in [-0.25, -0.2) is 18.4 Å². The van der Waals surface area contributed by atoms with Crippen molar-refractivity contribution in [1.82, 2.24) is 0 Å². The van der Waals surface area contributed by atoms with E-state index in [9.17, 15) is 18.0 Å². The molecule has 30 heavy (non-hydrogen) atoms. The molecule has 0 aliphatic carbocycles. The van der Waals surface area contributed by atoms with Gasteiger partial charge in [-0.15, -0.1) is 0 Å². The Hall–Kier alpha value is -3.14. The zero-order valence-corrected chi connectivity index (χ0v) is 17.2. The van der Waals surface area contributed by atoms with Gasteiger partial charge < -0.3 is 14.5 Å². The van der Waals surface area contributed by atoms with Gasteiger partial charge in [0.1, 0.15) is 5.76 Å². The first-order valence-corrected chi connectivity index (χ1v) is 10.6. The van der Waals surface area contributed by atoms with Crippen LogP contribution in [0.15, 0.2) is 70.0 Å². The van der Waals surface area contributed by atoms with Crippen molar-refractivity contribution in [2.45, 2.75) is 17.9 Å². The van der Waals surface area contributed by atoms with E-state index < -0.39 is 28.0 Å². The summed E-state index contributed by atoms with van der Waals surface area (Å²) in [5.41, 5.74) is 0.798. The van der Waals surface area contributed by atoms with Gasteiger partial charge in [0.15, 0.2) is 6.10 Å². The molecule has 8 nitrogen and oxygen atoms in total. The standard InChI is InChI=1S/C20H17ClN2O6S/c1-12(19(24)23-13-5-4-6-14(11-13)30(22,26)27)28-20(25)18-10-9-17(29-18)15-7-2-3-8-16(15)21/h2-12H,1H3,(H,23,24)(H2,22,26,27). The van der Waals surface area contributed by atoms with Crippen molar-refractivity contribution >= 4 is 39.2 Å². The van der Waals surface area contributed by atoms with Gasteiger partial charge in [0.25, 0.3) is 5.91 Å². The van der Waals surface area contributed by atoms with Crippen LogP contribution in [0.25, 0.3) is 11.3 Å². The second kappa shape index (κ2) is 8.70. The summed E-state index contributed by atoms with van der Waals surface area (Å²) in [5.74, 6) is -1.22. The summed E-state index contributed by atoms with van der Waals surface area (Å²) in [6.07, 6.45) is -1.18. The summed E-state index contributed by atoms with van der Waals surface area (Å²) in [4.78, 5) is 24.4. The van der Waals surface area contributed by atoms with E-state index in [-0.39, 0.29) is 16.3 Å². The number of carbonyl (C=O) groups excluding carboxylic acids is 2. The molecule has 1 atom stereocenters. The maximum absolute atomic E-state index is 12.3. The van der Waals surface area contributed by atoms with E-state index >= 15 is 0 Å². The lowest BCUT2D eigenvalue weighted by Crippen LogP contribution is -2.30. The minimum Gasteiger partial charge on any atom is -0.449 e. The zero-order chi connectivity index (χ0) is 21.9.